The Bertz CT molecular complexity index is 854. The van der Waals surface area contributed by atoms with Gasteiger partial charge in [0.2, 0.25) is 0 Å². The van der Waals surface area contributed by atoms with Gasteiger partial charge in [-0.25, -0.2) is 0 Å². The van der Waals surface area contributed by atoms with Crippen LogP contribution in [0.25, 0.3) is 0 Å². The van der Waals surface area contributed by atoms with Crippen molar-refractivity contribution in [3.63, 3.8) is 0 Å². The molecule has 0 aromatic heterocycles. The van der Waals surface area contributed by atoms with Crippen molar-refractivity contribution >= 4 is 29.3 Å². The molecule has 2 aromatic carbocycles. The number of benzene rings is 2. The van der Waals surface area contributed by atoms with Gasteiger partial charge in [-0.05, 0) is 39.3 Å². The highest BCUT2D eigenvalue weighted by Gasteiger charge is 2.41. The Labute approximate surface area is 182 Å². The second-order valence-electron chi connectivity index (χ2n) is 7.57. The maximum absolute atomic E-state index is 13.0. The van der Waals surface area contributed by atoms with Crippen molar-refractivity contribution in [1.29, 1.82) is 0 Å². The van der Waals surface area contributed by atoms with Crippen LogP contribution in [0.2, 0.25) is 5.02 Å². The van der Waals surface area contributed by atoms with Crippen LogP contribution in [0.5, 0.6) is 0 Å². The van der Waals surface area contributed by atoms with Crippen LogP contribution in [-0.2, 0) is 19.1 Å². The van der Waals surface area contributed by atoms with Gasteiger partial charge in [0.1, 0.15) is 0 Å². The highest BCUT2D eigenvalue weighted by molar-refractivity contribution is 6.31. The molecule has 0 saturated heterocycles. The molecule has 0 aliphatic rings. The summed E-state index contributed by atoms with van der Waals surface area (Å²) in [5, 5.41) is 0.364. The zero-order valence-corrected chi connectivity index (χ0v) is 18.4. The van der Waals surface area contributed by atoms with Gasteiger partial charge in [0, 0.05) is 22.9 Å². The molecule has 2 rings (SSSR count). The second-order valence-corrected chi connectivity index (χ2v) is 7.98. The molecular formula is C24H27ClO5. The Morgan fingerprint density at radius 1 is 0.800 bits per heavy atom. The van der Waals surface area contributed by atoms with E-state index in [4.69, 9.17) is 21.1 Å². The highest BCUT2D eigenvalue weighted by Crippen LogP contribution is 2.36. The lowest BCUT2D eigenvalue weighted by atomic mass is 9.81. The van der Waals surface area contributed by atoms with Gasteiger partial charge in [0.15, 0.2) is 11.7 Å². The first-order chi connectivity index (χ1) is 14.2. The molecule has 6 heteroatoms. The van der Waals surface area contributed by atoms with Gasteiger partial charge < -0.3 is 9.47 Å². The van der Waals surface area contributed by atoms with Gasteiger partial charge in [0.25, 0.3) is 0 Å². The van der Waals surface area contributed by atoms with Crippen molar-refractivity contribution < 1.29 is 23.9 Å². The molecule has 0 aliphatic heterocycles. The molecule has 0 fully saturated rings. The number of ketones is 1. The fourth-order valence-corrected chi connectivity index (χ4v) is 3.44. The molecule has 0 radical (unpaired) electrons. The molecule has 0 amide bonds. The van der Waals surface area contributed by atoms with Gasteiger partial charge in [-0.15, -0.1) is 0 Å². The first kappa shape index (κ1) is 23.6. The molecule has 30 heavy (non-hydrogen) atoms. The van der Waals surface area contributed by atoms with Gasteiger partial charge in [-0.2, -0.15) is 0 Å². The fraction of sp³-hybridized carbons (Fsp3) is 0.375. The number of hydrogen-bond donors (Lipinski definition) is 0. The first-order valence-corrected chi connectivity index (χ1v) is 10.3. The van der Waals surface area contributed by atoms with E-state index in [9.17, 15) is 14.4 Å². The first-order valence-electron chi connectivity index (χ1n) is 9.94. The smallest absolute Gasteiger partial charge is 0.321 e. The Morgan fingerprint density at radius 3 is 1.80 bits per heavy atom. The average molecular weight is 431 g/mol. The Morgan fingerprint density at radius 2 is 1.30 bits per heavy atom. The molecule has 5 nitrogen and oxygen atoms in total. The van der Waals surface area contributed by atoms with Crippen LogP contribution in [0.4, 0.5) is 0 Å². The van der Waals surface area contributed by atoms with Crippen LogP contribution >= 0.6 is 11.6 Å². The summed E-state index contributed by atoms with van der Waals surface area (Å²) < 4.78 is 10.7. The third-order valence-corrected chi connectivity index (χ3v) is 4.76. The van der Waals surface area contributed by atoms with Crippen LogP contribution in [0.3, 0.4) is 0 Å². The van der Waals surface area contributed by atoms with E-state index in [1.807, 2.05) is 6.07 Å². The van der Waals surface area contributed by atoms with E-state index in [1.165, 1.54) is 0 Å². The summed E-state index contributed by atoms with van der Waals surface area (Å²) in [5.41, 5.74) is 1.01. The van der Waals surface area contributed by atoms with Crippen LogP contribution in [-0.4, -0.2) is 29.9 Å². The summed E-state index contributed by atoms with van der Waals surface area (Å²) >= 11 is 6.40. The SMILES string of the molecule is CC(C)OC(=O)C(C(=O)OC(C)C)[C@H](CC(=O)c1ccccc1)c1ccccc1Cl. The third kappa shape index (κ3) is 6.42. The maximum atomic E-state index is 13.0. The number of ether oxygens (including phenoxy) is 2. The number of Topliss-reactive ketones (excluding diaryl/α,β-unsaturated/α-hetero) is 1. The fourth-order valence-electron chi connectivity index (χ4n) is 3.16. The summed E-state index contributed by atoms with van der Waals surface area (Å²) in [7, 11) is 0. The second kappa shape index (κ2) is 10.9. The molecule has 0 bridgehead atoms. The summed E-state index contributed by atoms with van der Waals surface area (Å²) in [6.45, 7) is 6.79. The standard InChI is InChI=1S/C24H27ClO5/c1-15(2)29-23(27)22(24(28)30-16(3)4)19(18-12-8-9-13-20(18)25)14-21(26)17-10-6-5-7-11-17/h5-13,15-16,19,22H,14H2,1-4H3/t19-/m1/s1. The number of halogens is 1. The normalized spacial score (nSPS) is 12.1. The monoisotopic (exact) mass is 430 g/mol. The highest BCUT2D eigenvalue weighted by atomic mass is 35.5. The Balaban J connectivity index is 2.51. The Hall–Kier alpha value is -2.66. The number of carbonyl (C=O) groups is 3. The zero-order chi connectivity index (χ0) is 22.3. The minimum atomic E-state index is -1.32. The molecular weight excluding hydrogens is 404 g/mol. The molecule has 0 saturated carbocycles. The maximum Gasteiger partial charge on any atom is 0.321 e. The predicted molar refractivity (Wildman–Crippen MR) is 116 cm³/mol. The molecule has 0 N–H and O–H groups in total. The molecule has 160 valence electrons. The Kier molecular flexibility index (Phi) is 8.60. The van der Waals surface area contributed by atoms with Crippen molar-refractivity contribution in [2.45, 2.75) is 52.2 Å². The van der Waals surface area contributed by atoms with Crippen molar-refractivity contribution in [3.05, 3.63) is 70.7 Å². The number of rotatable bonds is 9. The van der Waals surface area contributed by atoms with Crippen LogP contribution in [0.1, 0.15) is 56.0 Å². The minimum Gasteiger partial charge on any atom is -0.462 e. The average Bonchev–Trinajstić information content (AvgIpc) is 2.67. The van der Waals surface area contributed by atoms with Crippen LogP contribution in [0.15, 0.2) is 54.6 Å². The summed E-state index contributed by atoms with van der Waals surface area (Å²) in [6, 6.07) is 15.6. The summed E-state index contributed by atoms with van der Waals surface area (Å²) in [4.78, 5) is 38.9. The molecule has 0 aliphatic carbocycles. The van der Waals surface area contributed by atoms with E-state index in [1.54, 1.807) is 76.2 Å². The quantitative estimate of drug-likeness (QED) is 0.310. The van der Waals surface area contributed by atoms with Gasteiger partial charge >= 0.3 is 11.9 Å². The van der Waals surface area contributed by atoms with Crippen LogP contribution in [0, 0.1) is 5.92 Å². The lowest BCUT2D eigenvalue weighted by Crippen LogP contribution is -2.36. The molecule has 0 heterocycles. The van der Waals surface area contributed by atoms with Crippen molar-refractivity contribution in [2.24, 2.45) is 5.92 Å². The predicted octanol–water partition coefficient (Wildman–Crippen LogP) is 5.22. The number of carbonyl (C=O) groups excluding carboxylic acids is 3. The van der Waals surface area contributed by atoms with E-state index in [0.29, 0.717) is 16.1 Å². The van der Waals surface area contributed by atoms with Gasteiger partial charge in [-0.1, -0.05) is 60.1 Å². The van der Waals surface area contributed by atoms with E-state index in [-0.39, 0.29) is 12.2 Å². The van der Waals surface area contributed by atoms with E-state index < -0.39 is 36.0 Å². The molecule has 1 atom stereocenters. The van der Waals surface area contributed by atoms with E-state index >= 15 is 0 Å². The number of hydrogen-bond acceptors (Lipinski definition) is 5. The summed E-state index contributed by atoms with van der Waals surface area (Å²) in [5.74, 6) is -3.82. The van der Waals surface area contributed by atoms with Gasteiger partial charge in [-0.3, -0.25) is 14.4 Å². The lowest BCUT2D eigenvalue weighted by Gasteiger charge is -2.26. The zero-order valence-electron chi connectivity index (χ0n) is 17.6. The lowest BCUT2D eigenvalue weighted by molar-refractivity contribution is -0.167. The minimum absolute atomic E-state index is 0.0984. The van der Waals surface area contributed by atoms with Crippen LogP contribution < -0.4 is 0 Å². The van der Waals surface area contributed by atoms with Crippen molar-refractivity contribution in [3.8, 4) is 0 Å². The number of esters is 2. The molecule has 0 unspecified atom stereocenters. The van der Waals surface area contributed by atoms with E-state index in [2.05, 4.69) is 0 Å². The largest absolute Gasteiger partial charge is 0.462 e. The topological polar surface area (TPSA) is 69.7 Å². The molecule has 2 aromatic rings. The third-order valence-electron chi connectivity index (χ3n) is 4.42. The van der Waals surface area contributed by atoms with Gasteiger partial charge in [0.05, 0.1) is 12.2 Å². The summed E-state index contributed by atoms with van der Waals surface area (Å²) in [6.07, 6.45) is -0.953. The van der Waals surface area contributed by atoms with Crippen molar-refractivity contribution in [1.82, 2.24) is 0 Å². The van der Waals surface area contributed by atoms with E-state index in [0.717, 1.165) is 0 Å². The molecule has 0 spiro atoms. The van der Waals surface area contributed by atoms with Crippen molar-refractivity contribution in [2.75, 3.05) is 0 Å².